The van der Waals surface area contributed by atoms with Gasteiger partial charge in [0.05, 0.1) is 13.0 Å². The molecule has 1 heterocycles. The highest BCUT2D eigenvalue weighted by atomic mass is 19.1. The summed E-state index contributed by atoms with van der Waals surface area (Å²) in [5.74, 6) is -0.482. The minimum Gasteiger partial charge on any atom is -0.371 e. The van der Waals surface area contributed by atoms with Gasteiger partial charge in [-0.3, -0.25) is 9.59 Å². The Morgan fingerprint density at radius 1 is 1.04 bits per heavy atom. The number of amides is 2. The second-order valence-corrected chi connectivity index (χ2v) is 6.82. The Labute approximate surface area is 158 Å². The van der Waals surface area contributed by atoms with E-state index in [0.717, 1.165) is 19.5 Å². The van der Waals surface area contributed by atoms with Gasteiger partial charge in [0.1, 0.15) is 5.82 Å². The first-order chi connectivity index (χ1) is 13.1. The van der Waals surface area contributed by atoms with Crippen molar-refractivity contribution in [2.75, 3.05) is 31.1 Å². The lowest BCUT2D eigenvalue weighted by Gasteiger charge is -2.18. The molecule has 0 radical (unpaired) electrons. The Kier molecular flexibility index (Phi) is 6.41. The molecule has 0 aromatic heterocycles. The number of hydrogen-bond donors (Lipinski definition) is 2. The maximum atomic E-state index is 13.1. The lowest BCUT2D eigenvalue weighted by Crippen LogP contribution is -2.39. The molecule has 0 spiro atoms. The molecular weight excluding hydrogens is 345 g/mol. The fourth-order valence-corrected chi connectivity index (χ4v) is 3.27. The average Bonchev–Trinajstić information content (AvgIpc) is 3.14. The fraction of sp³-hybridized carbons (Fsp3) is 0.333. The second-order valence-electron chi connectivity index (χ2n) is 6.82. The zero-order valence-corrected chi connectivity index (χ0v) is 15.2. The normalized spacial score (nSPS) is 16.2. The van der Waals surface area contributed by atoms with Gasteiger partial charge in [0.15, 0.2) is 0 Å². The molecule has 0 aliphatic carbocycles. The van der Waals surface area contributed by atoms with Crippen molar-refractivity contribution < 1.29 is 14.0 Å². The van der Waals surface area contributed by atoms with Gasteiger partial charge in [0.25, 0.3) is 0 Å². The van der Waals surface area contributed by atoms with Crippen LogP contribution in [0.4, 0.5) is 10.1 Å². The SMILES string of the molecule is O=C(CNC(=O)Cc1cccc(F)c1)NCC1CCN(c2ccccc2)C1. The summed E-state index contributed by atoms with van der Waals surface area (Å²) in [5.41, 5.74) is 1.79. The van der Waals surface area contributed by atoms with E-state index in [4.69, 9.17) is 0 Å². The molecular formula is C21H24FN3O2. The topological polar surface area (TPSA) is 61.4 Å². The maximum Gasteiger partial charge on any atom is 0.239 e. The van der Waals surface area contributed by atoms with Crippen LogP contribution < -0.4 is 15.5 Å². The molecule has 1 aliphatic rings. The van der Waals surface area contributed by atoms with Gasteiger partial charge >= 0.3 is 0 Å². The Hall–Kier alpha value is -2.89. The summed E-state index contributed by atoms with van der Waals surface area (Å²) in [6, 6.07) is 16.1. The molecule has 5 nitrogen and oxygen atoms in total. The number of nitrogens with one attached hydrogen (secondary N) is 2. The summed E-state index contributed by atoms with van der Waals surface area (Å²) in [6.07, 6.45) is 1.08. The van der Waals surface area contributed by atoms with Crippen LogP contribution in [0.1, 0.15) is 12.0 Å². The van der Waals surface area contributed by atoms with E-state index in [-0.39, 0.29) is 30.6 Å². The molecule has 2 N–H and O–H groups in total. The van der Waals surface area contributed by atoms with Gasteiger partial charge in [0, 0.05) is 25.3 Å². The van der Waals surface area contributed by atoms with E-state index < -0.39 is 0 Å². The number of carbonyl (C=O) groups is 2. The van der Waals surface area contributed by atoms with E-state index in [1.54, 1.807) is 12.1 Å². The van der Waals surface area contributed by atoms with Crippen molar-refractivity contribution in [3.05, 3.63) is 66.0 Å². The molecule has 1 aliphatic heterocycles. The van der Waals surface area contributed by atoms with Gasteiger partial charge in [-0.15, -0.1) is 0 Å². The molecule has 1 unspecified atom stereocenters. The van der Waals surface area contributed by atoms with E-state index in [2.05, 4.69) is 27.7 Å². The zero-order valence-electron chi connectivity index (χ0n) is 15.2. The van der Waals surface area contributed by atoms with Gasteiger partial charge in [-0.2, -0.15) is 0 Å². The number of anilines is 1. The van der Waals surface area contributed by atoms with Gasteiger partial charge in [-0.05, 0) is 42.2 Å². The second kappa shape index (κ2) is 9.16. The quantitative estimate of drug-likeness (QED) is 0.786. The Morgan fingerprint density at radius 3 is 2.63 bits per heavy atom. The smallest absolute Gasteiger partial charge is 0.239 e. The van der Waals surface area contributed by atoms with Gasteiger partial charge < -0.3 is 15.5 Å². The molecule has 1 saturated heterocycles. The zero-order chi connectivity index (χ0) is 19.1. The first-order valence-electron chi connectivity index (χ1n) is 9.18. The minimum atomic E-state index is -0.376. The summed E-state index contributed by atoms with van der Waals surface area (Å²) in [6.45, 7) is 2.43. The molecule has 2 amide bonds. The third-order valence-corrected chi connectivity index (χ3v) is 4.69. The highest BCUT2D eigenvalue weighted by molar-refractivity contribution is 5.85. The van der Waals surface area contributed by atoms with Crippen molar-refractivity contribution in [3.63, 3.8) is 0 Å². The van der Waals surface area contributed by atoms with Crippen LogP contribution in [-0.2, 0) is 16.0 Å². The first kappa shape index (κ1) is 18.9. The standard InChI is InChI=1S/C21H24FN3O2/c22-18-6-4-5-16(11-18)12-20(26)24-14-21(27)23-13-17-9-10-25(15-17)19-7-2-1-3-8-19/h1-8,11,17H,9-10,12-15H2,(H,23,27)(H,24,26). The van der Waals surface area contributed by atoms with Crippen LogP contribution in [0.2, 0.25) is 0 Å². The average molecular weight is 369 g/mol. The highest BCUT2D eigenvalue weighted by Crippen LogP contribution is 2.22. The summed E-state index contributed by atoms with van der Waals surface area (Å²) in [4.78, 5) is 26.1. The lowest BCUT2D eigenvalue weighted by atomic mass is 10.1. The van der Waals surface area contributed by atoms with Crippen LogP contribution in [0.5, 0.6) is 0 Å². The number of carbonyl (C=O) groups excluding carboxylic acids is 2. The minimum absolute atomic E-state index is 0.0553. The fourth-order valence-electron chi connectivity index (χ4n) is 3.27. The molecule has 0 bridgehead atoms. The maximum absolute atomic E-state index is 13.1. The van der Waals surface area contributed by atoms with Gasteiger partial charge in [-0.25, -0.2) is 4.39 Å². The summed E-state index contributed by atoms with van der Waals surface area (Å²) < 4.78 is 13.1. The predicted octanol–water partition coefficient (Wildman–Crippen LogP) is 2.13. The van der Waals surface area contributed by atoms with Crippen molar-refractivity contribution >= 4 is 17.5 Å². The van der Waals surface area contributed by atoms with Crippen LogP contribution in [0.15, 0.2) is 54.6 Å². The molecule has 1 fully saturated rings. The monoisotopic (exact) mass is 369 g/mol. The van der Waals surface area contributed by atoms with Crippen LogP contribution in [0, 0.1) is 11.7 Å². The van der Waals surface area contributed by atoms with E-state index in [1.165, 1.54) is 17.8 Å². The molecule has 2 aromatic carbocycles. The lowest BCUT2D eigenvalue weighted by molar-refractivity contribution is -0.125. The third-order valence-electron chi connectivity index (χ3n) is 4.69. The number of nitrogens with zero attached hydrogens (tertiary/aromatic N) is 1. The Morgan fingerprint density at radius 2 is 1.85 bits per heavy atom. The van der Waals surface area contributed by atoms with E-state index in [9.17, 15) is 14.0 Å². The molecule has 6 heteroatoms. The molecule has 142 valence electrons. The molecule has 3 rings (SSSR count). The van der Waals surface area contributed by atoms with Crippen molar-refractivity contribution in [2.45, 2.75) is 12.8 Å². The molecule has 2 aromatic rings. The summed E-state index contributed by atoms with van der Waals surface area (Å²) in [5, 5.41) is 5.46. The predicted molar refractivity (Wildman–Crippen MR) is 103 cm³/mol. The Bertz CT molecular complexity index is 782. The number of rotatable bonds is 7. The Balaban J connectivity index is 1.34. The third kappa shape index (κ3) is 5.81. The number of halogens is 1. The number of para-hydroxylation sites is 1. The number of benzene rings is 2. The van der Waals surface area contributed by atoms with E-state index >= 15 is 0 Å². The highest BCUT2D eigenvalue weighted by Gasteiger charge is 2.22. The van der Waals surface area contributed by atoms with Crippen molar-refractivity contribution in [1.29, 1.82) is 0 Å². The summed E-state index contributed by atoms with van der Waals surface area (Å²) in [7, 11) is 0. The molecule has 0 saturated carbocycles. The van der Waals surface area contributed by atoms with Crippen LogP contribution in [0.3, 0.4) is 0 Å². The number of hydrogen-bond acceptors (Lipinski definition) is 3. The van der Waals surface area contributed by atoms with E-state index in [1.807, 2.05) is 18.2 Å². The van der Waals surface area contributed by atoms with Gasteiger partial charge in [-0.1, -0.05) is 30.3 Å². The van der Waals surface area contributed by atoms with Crippen LogP contribution in [-0.4, -0.2) is 38.0 Å². The largest absolute Gasteiger partial charge is 0.371 e. The van der Waals surface area contributed by atoms with Crippen molar-refractivity contribution in [3.8, 4) is 0 Å². The van der Waals surface area contributed by atoms with Crippen LogP contribution in [0.25, 0.3) is 0 Å². The first-order valence-corrected chi connectivity index (χ1v) is 9.18. The van der Waals surface area contributed by atoms with Crippen LogP contribution >= 0.6 is 0 Å². The summed E-state index contributed by atoms with van der Waals surface area (Å²) >= 11 is 0. The van der Waals surface area contributed by atoms with E-state index in [0.29, 0.717) is 18.0 Å². The van der Waals surface area contributed by atoms with Gasteiger partial charge in [0.2, 0.25) is 11.8 Å². The molecule has 27 heavy (non-hydrogen) atoms. The molecule has 1 atom stereocenters. The van der Waals surface area contributed by atoms with Crippen molar-refractivity contribution in [1.82, 2.24) is 10.6 Å². The van der Waals surface area contributed by atoms with Crippen molar-refractivity contribution in [2.24, 2.45) is 5.92 Å².